The molecule has 3 amide bonds. The fraction of sp³-hybridized carbons (Fsp3) is 0.255. The number of carbonyl (C=O) groups excluding carboxylic acids is 4. The number of aromatic hydroxyl groups is 2. The normalized spacial score (nSPS) is 13.3. The minimum atomic E-state index is -3.91. The van der Waals surface area contributed by atoms with E-state index in [1.807, 2.05) is 0 Å². The lowest BCUT2D eigenvalue weighted by Gasteiger charge is -2.24. The van der Waals surface area contributed by atoms with Gasteiger partial charge in [0.1, 0.15) is 34.1 Å². The minimum absolute atomic E-state index is 0. The summed E-state index contributed by atoms with van der Waals surface area (Å²) in [4.78, 5) is 93.3. The van der Waals surface area contributed by atoms with Crippen LogP contribution in [0.4, 0.5) is 32.0 Å². The Kier molecular flexibility index (Phi) is 17.2. The van der Waals surface area contributed by atoms with E-state index in [1.54, 1.807) is 24.5 Å². The monoisotopic (exact) mass is 1130 g/mol. The molecule has 25 heteroatoms. The van der Waals surface area contributed by atoms with E-state index in [9.17, 15) is 56.5 Å². The summed E-state index contributed by atoms with van der Waals surface area (Å²) in [6.07, 6.45) is 6.38. The zero-order valence-corrected chi connectivity index (χ0v) is 41.4. The highest BCUT2D eigenvalue weighted by atomic mass is 35.5. The first-order valence-electron chi connectivity index (χ1n) is 23.7. The van der Waals surface area contributed by atoms with Gasteiger partial charge < -0.3 is 30.6 Å². The zero-order valence-electron chi connectivity index (χ0n) is 40.7. The van der Waals surface area contributed by atoms with Crippen molar-refractivity contribution in [1.29, 1.82) is 0 Å². The second kappa shape index (κ2) is 23.5. The summed E-state index contributed by atoms with van der Waals surface area (Å²) < 4.78 is 93.5. The number of pyridine rings is 4. The van der Waals surface area contributed by atoms with Gasteiger partial charge in [-0.25, -0.2) is 36.1 Å². The van der Waals surface area contributed by atoms with Crippen LogP contribution in [0, 0.1) is 11.6 Å². The van der Waals surface area contributed by atoms with Crippen LogP contribution in [0.25, 0.3) is 22.1 Å². The van der Waals surface area contributed by atoms with E-state index < -0.39 is 118 Å². The molecule has 80 heavy (non-hydrogen) atoms. The highest BCUT2D eigenvalue weighted by Gasteiger charge is 2.44. The minimum Gasteiger partial charge on any atom is -0.505 e. The average Bonchev–Trinajstić information content (AvgIpc) is 3.97. The van der Waals surface area contributed by atoms with Crippen LogP contribution < -0.4 is 21.8 Å². The number of aromatic nitrogens is 6. The molecule has 10 rings (SSSR count). The molecule has 0 radical (unpaired) electrons. The number of alkyl halides is 4. The number of amides is 3. The molecular weight excluding hydrogens is 1080 g/mol. The molecule has 0 fully saturated rings. The van der Waals surface area contributed by atoms with Crippen molar-refractivity contribution in [1.82, 2.24) is 39.3 Å². The van der Waals surface area contributed by atoms with E-state index in [4.69, 9.17) is 16.3 Å². The van der Waals surface area contributed by atoms with Crippen molar-refractivity contribution < 1.29 is 60.5 Å². The molecule has 0 unspecified atom stereocenters. The summed E-state index contributed by atoms with van der Waals surface area (Å²) in [6, 6.07) is 16.7. The van der Waals surface area contributed by atoms with Crippen LogP contribution in [0.2, 0.25) is 5.02 Å². The number of halogens is 7. The van der Waals surface area contributed by atoms with Gasteiger partial charge in [-0.1, -0.05) is 62.9 Å². The number of aromatic amines is 1. The Morgan fingerprint density at radius 3 is 1.93 bits per heavy atom. The SMILES string of the molecule is C.C.CCOC(=O)c1c(O)c2ncc(Cc3ccc(F)cc3)c(Cl)c2n(CC(F)(F)CN2C(=O)c3ccccc3C2=O)c1=O.O=C(NCCc1ncc[nH]1)c1c(O)c2ncc(Cc3ccc(F)cc3)c3c2n(c1=O)CC(F)(F)CN3. The highest BCUT2D eigenvalue weighted by molar-refractivity contribution is 6.36. The number of imidazole rings is 1. The van der Waals surface area contributed by atoms with Gasteiger partial charge in [0.2, 0.25) is 0 Å². The summed E-state index contributed by atoms with van der Waals surface area (Å²) in [5, 5.41) is 26.7. The van der Waals surface area contributed by atoms with Gasteiger partial charge in [0.25, 0.3) is 40.7 Å². The van der Waals surface area contributed by atoms with Crippen molar-refractivity contribution in [3.8, 4) is 11.5 Å². The van der Waals surface area contributed by atoms with Crippen molar-refractivity contribution in [2.24, 2.45) is 0 Å². The van der Waals surface area contributed by atoms with E-state index in [-0.39, 0.29) is 79.3 Å². The number of benzene rings is 3. The quantitative estimate of drug-likeness (QED) is 0.0390. The van der Waals surface area contributed by atoms with Crippen molar-refractivity contribution in [3.05, 3.63) is 185 Å². The number of nitrogens with zero attached hydrogens (tertiary/aromatic N) is 6. The maximum Gasteiger partial charge on any atom is 0.347 e. The highest BCUT2D eigenvalue weighted by Crippen LogP contribution is 2.38. The first kappa shape index (κ1) is 58.6. The van der Waals surface area contributed by atoms with Crippen LogP contribution in [-0.2, 0) is 37.1 Å². The topological polar surface area (TPSA) is 244 Å². The van der Waals surface area contributed by atoms with Crippen LogP contribution >= 0.6 is 11.6 Å². The standard InChI is InChI=1S/C29H21ClF3N3O6.C24H21F3N6O3.2CH4/c1-2-42-28(41)20-24(37)22-23(21(30)16(12-34-22)11-15-7-9-17(31)10-8-15)35(27(20)40)13-29(32,33)14-36-25(38)18-5-3-4-6-19(18)26(36)39;25-15-3-1-13(2-4-15)9-14-10-31-19-20-18(14)32-11-24(26,27)12-33(20)23(36)17(21(19)34)22(35)30-6-5-16-28-7-8-29-16;;/h3-10,12,37H,2,11,13-14H2,1H3;1-4,7-8,10,32,34H,5-6,9,11-12H2,(H,28,29)(H,30,35);2*1H4. The Balaban J connectivity index is 0.000000228. The lowest BCUT2D eigenvalue weighted by molar-refractivity contribution is -0.0359. The number of H-pyrrole nitrogens is 1. The third kappa shape index (κ3) is 11.7. The van der Waals surface area contributed by atoms with Gasteiger partial charge in [0.05, 0.1) is 65.7 Å². The van der Waals surface area contributed by atoms with Gasteiger partial charge in [0.15, 0.2) is 17.1 Å². The molecule has 0 spiro atoms. The molecule has 2 aliphatic rings. The number of esters is 1. The van der Waals surface area contributed by atoms with Gasteiger partial charge >= 0.3 is 5.97 Å². The molecule has 3 aromatic carbocycles. The zero-order chi connectivity index (χ0) is 55.8. The summed E-state index contributed by atoms with van der Waals surface area (Å²) in [6.45, 7) is -3.24. The number of hydrogen-bond acceptors (Lipinski definition) is 13. The van der Waals surface area contributed by atoms with Crippen LogP contribution in [0.5, 0.6) is 11.5 Å². The fourth-order valence-corrected chi connectivity index (χ4v) is 9.34. The van der Waals surface area contributed by atoms with Crippen molar-refractivity contribution in [2.45, 2.75) is 66.0 Å². The number of hydrogen-bond donors (Lipinski definition) is 5. The van der Waals surface area contributed by atoms with Crippen LogP contribution in [-0.4, -0.2) is 106 Å². The van der Waals surface area contributed by atoms with Gasteiger partial charge in [-0.2, -0.15) is 0 Å². The Labute approximate surface area is 455 Å². The number of fused-ring (bicyclic) bond motifs is 2. The fourth-order valence-electron chi connectivity index (χ4n) is 9.03. The Morgan fingerprint density at radius 1 is 0.787 bits per heavy atom. The van der Waals surface area contributed by atoms with Gasteiger partial charge in [0, 0.05) is 56.2 Å². The molecule has 0 atom stereocenters. The summed E-state index contributed by atoms with van der Waals surface area (Å²) in [7, 11) is 0. The van der Waals surface area contributed by atoms with Crippen LogP contribution in [0.3, 0.4) is 0 Å². The molecule has 5 aromatic heterocycles. The molecular formula is C55H50ClF6N9O9. The number of nitrogens with one attached hydrogen (secondary N) is 3. The van der Waals surface area contributed by atoms with Crippen LogP contribution in [0.1, 0.15) is 91.3 Å². The molecule has 2 aliphatic heterocycles. The molecule has 0 saturated carbocycles. The first-order chi connectivity index (χ1) is 37.2. The molecule has 18 nitrogen and oxygen atoms in total. The molecule has 418 valence electrons. The number of imide groups is 1. The Bertz CT molecular complexity index is 3790. The van der Waals surface area contributed by atoms with Crippen LogP contribution in [0.15, 0.2) is 107 Å². The second-order valence-electron chi connectivity index (χ2n) is 18.1. The summed E-state index contributed by atoms with van der Waals surface area (Å²) in [5.74, 6) is -13.2. The third-order valence-corrected chi connectivity index (χ3v) is 13.1. The largest absolute Gasteiger partial charge is 0.505 e. The lowest BCUT2D eigenvalue weighted by atomic mass is 10.0. The van der Waals surface area contributed by atoms with E-state index in [0.717, 1.165) is 4.57 Å². The first-order valence-corrected chi connectivity index (χ1v) is 24.1. The molecule has 7 heterocycles. The smallest absolute Gasteiger partial charge is 0.347 e. The third-order valence-electron chi connectivity index (χ3n) is 12.7. The summed E-state index contributed by atoms with van der Waals surface area (Å²) >= 11 is 6.61. The molecule has 0 saturated heterocycles. The number of anilines is 1. The lowest BCUT2D eigenvalue weighted by Crippen LogP contribution is -2.44. The van der Waals surface area contributed by atoms with E-state index in [0.29, 0.717) is 38.4 Å². The average molecular weight is 1130 g/mol. The van der Waals surface area contributed by atoms with Crippen molar-refractivity contribution >= 4 is 63.0 Å². The number of rotatable bonds is 14. The van der Waals surface area contributed by atoms with E-state index >= 15 is 8.78 Å². The molecule has 5 N–H and O–H groups in total. The Hall–Kier alpha value is -9.06. The van der Waals surface area contributed by atoms with Gasteiger partial charge in [-0.3, -0.25) is 48.0 Å². The van der Waals surface area contributed by atoms with E-state index in [1.165, 1.54) is 80.0 Å². The van der Waals surface area contributed by atoms with Gasteiger partial charge in [-0.15, -0.1) is 0 Å². The number of ether oxygens (including phenoxy) is 1. The van der Waals surface area contributed by atoms with Crippen molar-refractivity contribution in [3.63, 3.8) is 0 Å². The van der Waals surface area contributed by atoms with Gasteiger partial charge in [-0.05, 0) is 60.0 Å². The van der Waals surface area contributed by atoms with Crippen molar-refractivity contribution in [2.75, 3.05) is 31.6 Å². The predicted molar refractivity (Wildman–Crippen MR) is 283 cm³/mol. The molecule has 0 bridgehead atoms. The second-order valence-corrected chi connectivity index (χ2v) is 18.4. The molecule has 8 aromatic rings. The summed E-state index contributed by atoms with van der Waals surface area (Å²) in [5.41, 5.74) is -2.91. The number of carbonyl (C=O) groups is 4. The maximum atomic E-state index is 15.7. The maximum absolute atomic E-state index is 15.7. The van der Waals surface area contributed by atoms with E-state index in [2.05, 4.69) is 30.6 Å². The Morgan fingerprint density at radius 2 is 1.35 bits per heavy atom. The predicted octanol–water partition coefficient (Wildman–Crippen LogP) is 8.45. The molecule has 0 aliphatic carbocycles.